The smallest absolute Gasteiger partial charge is 0.165 e. The Morgan fingerprint density at radius 1 is 1.19 bits per heavy atom. The van der Waals surface area contributed by atoms with E-state index in [2.05, 4.69) is 27.3 Å². The molecule has 2 fully saturated rings. The monoisotopic (exact) mass is 373 g/mol. The number of nitrogens with zero attached hydrogens (tertiary/aromatic N) is 5. The van der Waals surface area contributed by atoms with Crippen molar-refractivity contribution >= 4 is 0 Å². The maximum absolute atomic E-state index is 13.2. The predicted molar refractivity (Wildman–Crippen MR) is 99.3 cm³/mol. The number of halogens is 1. The summed E-state index contributed by atoms with van der Waals surface area (Å²) in [5.41, 5.74) is -0.123. The number of hydrogen-bond donors (Lipinski definition) is 1. The highest BCUT2D eigenvalue weighted by Gasteiger charge is 2.40. The van der Waals surface area contributed by atoms with E-state index >= 15 is 0 Å². The van der Waals surface area contributed by atoms with E-state index in [0.717, 1.165) is 37.3 Å². The van der Waals surface area contributed by atoms with Crippen molar-refractivity contribution in [1.82, 2.24) is 25.1 Å². The summed E-state index contributed by atoms with van der Waals surface area (Å²) in [6, 6.07) is 6.66. The Bertz CT molecular complexity index is 758. The molecule has 2 aliphatic rings. The highest BCUT2D eigenvalue weighted by Crippen LogP contribution is 2.37. The number of piperidine rings is 1. The van der Waals surface area contributed by atoms with Gasteiger partial charge in [0.1, 0.15) is 5.82 Å². The van der Waals surface area contributed by atoms with Gasteiger partial charge in [-0.2, -0.15) is 0 Å². The average Bonchev–Trinajstić information content (AvgIpc) is 3.14. The Morgan fingerprint density at radius 3 is 2.63 bits per heavy atom. The van der Waals surface area contributed by atoms with E-state index in [1.807, 2.05) is 4.68 Å². The van der Waals surface area contributed by atoms with E-state index < -0.39 is 5.60 Å². The summed E-state index contributed by atoms with van der Waals surface area (Å²) < 4.78 is 15.2. The topological polar surface area (TPSA) is 67.1 Å². The molecule has 0 radical (unpaired) electrons. The maximum Gasteiger partial charge on any atom is 0.165 e. The Labute approximate surface area is 159 Å². The molecule has 1 saturated heterocycles. The fraction of sp³-hybridized carbons (Fsp3) is 0.650. The molecule has 1 aliphatic carbocycles. The third-order valence-corrected chi connectivity index (χ3v) is 6.35. The Hall–Kier alpha value is -1.86. The molecule has 1 aromatic heterocycles. The van der Waals surface area contributed by atoms with Gasteiger partial charge in [0.05, 0.1) is 18.2 Å². The predicted octanol–water partition coefficient (Wildman–Crippen LogP) is 3.05. The molecule has 27 heavy (non-hydrogen) atoms. The second kappa shape index (κ2) is 7.64. The van der Waals surface area contributed by atoms with Crippen molar-refractivity contribution in [2.45, 2.75) is 63.6 Å². The number of likely N-dealkylation sites (tertiary alicyclic amines) is 1. The molecular weight excluding hydrogens is 345 g/mol. The fourth-order valence-corrected chi connectivity index (χ4v) is 4.64. The maximum atomic E-state index is 13.2. The zero-order chi connectivity index (χ0) is 18.9. The van der Waals surface area contributed by atoms with Gasteiger partial charge in [-0.3, -0.25) is 4.90 Å². The molecule has 7 heteroatoms. The number of aliphatic hydroxyl groups is 1. The Morgan fingerprint density at radius 2 is 1.93 bits per heavy atom. The van der Waals surface area contributed by atoms with Crippen molar-refractivity contribution in [2.75, 3.05) is 13.1 Å². The molecule has 1 aromatic carbocycles. The van der Waals surface area contributed by atoms with Crippen LogP contribution in [0.3, 0.4) is 0 Å². The lowest BCUT2D eigenvalue weighted by molar-refractivity contribution is -0.0735. The SMILES string of the molecule is CC1CN(Cc2nnnn2C2CCCCC2)CCC1(O)c1ccc(F)cc1. The van der Waals surface area contributed by atoms with Gasteiger partial charge >= 0.3 is 0 Å². The van der Waals surface area contributed by atoms with Crippen molar-refractivity contribution in [3.8, 4) is 0 Å². The van der Waals surface area contributed by atoms with E-state index in [1.165, 1.54) is 31.4 Å². The molecule has 6 nitrogen and oxygen atoms in total. The molecular formula is C20H28FN5O. The van der Waals surface area contributed by atoms with Crippen molar-refractivity contribution in [3.63, 3.8) is 0 Å². The summed E-state index contributed by atoms with van der Waals surface area (Å²) in [4.78, 5) is 2.31. The number of benzene rings is 1. The third kappa shape index (κ3) is 3.75. The lowest BCUT2D eigenvalue weighted by Crippen LogP contribution is -2.48. The third-order valence-electron chi connectivity index (χ3n) is 6.35. The first-order valence-corrected chi connectivity index (χ1v) is 10.0. The molecule has 1 N–H and O–H groups in total. The van der Waals surface area contributed by atoms with Crippen molar-refractivity contribution in [1.29, 1.82) is 0 Å². The molecule has 146 valence electrons. The molecule has 1 aliphatic heterocycles. The van der Waals surface area contributed by atoms with Crippen LogP contribution in [0.4, 0.5) is 4.39 Å². The van der Waals surface area contributed by atoms with E-state index in [0.29, 0.717) is 19.0 Å². The van der Waals surface area contributed by atoms with E-state index in [-0.39, 0.29) is 11.7 Å². The van der Waals surface area contributed by atoms with Crippen molar-refractivity contribution < 1.29 is 9.50 Å². The summed E-state index contributed by atoms with van der Waals surface area (Å²) in [7, 11) is 0. The molecule has 0 bridgehead atoms. The lowest BCUT2D eigenvalue weighted by Gasteiger charge is -2.43. The summed E-state index contributed by atoms with van der Waals surface area (Å²) in [6.07, 6.45) is 6.71. The summed E-state index contributed by atoms with van der Waals surface area (Å²) in [5, 5.41) is 23.7. The second-order valence-corrected chi connectivity index (χ2v) is 8.15. The van der Waals surface area contributed by atoms with Crippen LogP contribution in [-0.2, 0) is 12.1 Å². The van der Waals surface area contributed by atoms with Crippen LogP contribution in [0.2, 0.25) is 0 Å². The van der Waals surface area contributed by atoms with Gasteiger partial charge in [0.2, 0.25) is 0 Å². The zero-order valence-electron chi connectivity index (χ0n) is 15.9. The number of tetrazole rings is 1. The molecule has 2 atom stereocenters. The van der Waals surface area contributed by atoms with Crippen LogP contribution in [0.15, 0.2) is 24.3 Å². The molecule has 0 amide bonds. The first-order chi connectivity index (χ1) is 13.1. The van der Waals surface area contributed by atoms with Crippen molar-refractivity contribution in [3.05, 3.63) is 41.5 Å². The number of rotatable bonds is 4. The van der Waals surface area contributed by atoms with Crippen LogP contribution >= 0.6 is 0 Å². The minimum absolute atomic E-state index is 0.0377. The largest absolute Gasteiger partial charge is 0.385 e. The van der Waals surface area contributed by atoms with Gasteiger partial charge < -0.3 is 5.11 Å². The van der Waals surface area contributed by atoms with Crippen LogP contribution in [0.1, 0.15) is 62.9 Å². The van der Waals surface area contributed by atoms with Crippen LogP contribution in [-0.4, -0.2) is 43.3 Å². The highest BCUT2D eigenvalue weighted by molar-refractivity contribution is 5.24. The van der Waals surface area contributed by atoms with Gasteiger partial charge in [0.15, 0.2) is 5.82 Å². The van der Waals surface area contributed by atoms with E-state index in [9.17, 15) is 9.50 Å². The van der Waals surface area contributed by atoms with Gasteiger partial charge in [-0.05, 0) is 47.4 Å². The highest BCUT2D eigenvalue weighted by atomic mass is 19.1. The zero-order valence-corrected chi connectivity index (χ0v) is 15.9. The molecule has 2 unspecified atom stereocenters. The second-order valence-electron chi connectivity index (χ2n) is 8.15. The minimum Gasteiger partial charge on any atom is -0.385 e. The summed E-state index contributed by atoms with van der Waals surface area (Å²) in [6.45, 7) is 4.27. The molecule has 1 saturated carbocycles. The molecule has 2 aromatic rings. The van der Waals surface area contributed by atoms with Crippen molar-refractivity contribution in [2.24, 2.45) is 5.92 Å². The molecule has 2 heterocycles. The van der Waals surface area contributed by atoms with Crippen LogP contribution in [0, 0.1) is 11.7 Å². The summed E-state index contributed by atoms with van der Waals surface area (Å²) >= 11 is 0. The summed E-state index contributed by atoms with van der Waals surface area (Å²) in [5.74, 6) is 0.680. The fourth-order valence-electron chi connectivity index (χ4n) is 4.64. The first kappa shape index (κ1) is 18.5. The standard InChI is InChI=1S/C20H28FN5O/c1-15-13-25(12-11-20(15,27)16-7-9-17(21)10-8-16)14-19-22-23-24-26(19)18-5-3-2-4-6-18/h7-10,15,18,27H,2-6,11-14H2,1H3. The number of aromatic nitrogens is 4. The Balaban J connectivity index is 1.43. The number of hydrogen-bond acceptors (Lipinski definition) is 5. The van der Waals surface area contributed by atoms with E-state index in [4.69, 9.17) is 0 Å². The van der Waals surface area contributed by atoms with Crippen LogP contribution in [0.25, 0.3) is 0 Å². The van der Waals surface area contributed by atoms with E-state index in [1.54, 1.807) is 12.1 Å². The van der Waals surface area contributed by atoms with Gasteiger partial charge in [0, 0.05) is 19.0 Å². The average molecular weight is 373 g/mol. The first-order valence-electron chi connectivity index (χ1n) is 10.0. The lowest BCUT2D eigenvalue weighted by atomic mass is 9.77. The Kier molecular flexibility index (Phi) is 5.23. The van der Waals surface area contributed by atoms with Gasteiger partial charge in [-0.1, -0.05) is 38.3 Å². The quantitative estimate of drug-likeness (QED) is 0.892. The van der Waals surface area contributed by atoms with Crippen LogP contribution in [0.5, 0.6) is 0 Å². The van der Waals surface area contributed by atoms with Gasteiger partial charge in [-0.15, -0.1) is 5.10 Å². The molecule has 4 rings (SSSR count). The normalized spacial score (nSPS) is 27.7. The van der Waals surface area contributed by atoms with Gasteiger partial charge in [0.25, 0.3) is 0 Å². The minimum atomic E-state index is -0.917. The van der Waals surface area contributed by atoms with Crippen LogP contribution < -0.4 is 0 Å². The van der Waals surface area contributed by atoms with Gasteiger partial charge in [-0.25, -0.2) is 9.07 Å². The molecule has 0 spiro atoms.